The molecule has 0 aromatic heterocycles. The van der Waals surface area contributed by atoms with Crippen LogP contribution in [0.15, 0.2) is 0 Å². The van der Waals surface area contributed by atoms with Crippen molar-refractivity contribution in [1.82, 2.24) is 0 Å². The lowest BCUT2D eigenvalue weighted by atomic mass is 9.69. The van der Waals surface area contributed by atoms with E-state index in [2.05, 4.69) is 0 Å². The lowest BCUT2D eigenvalue weighted by Gasteiger charge is -2.59. The van der Waals surface area contributed by atoms with Crippen LogP contribution in [0.1, 0.15) is 6.92 Å². The van der Waals surface area contributed by atoms with E-state index in [-0.39, 0.29) is 0 Å². The summed E-state index contributed by atoms with van der Waals surface area (Å²) in [7, 11) is 0. The molecule has 3 aliphatic rings. The van der Waals surface area contributed by atoms with Crippen LogP contribution in [0.3, 0.4) is 0 Å². The van der Waals surface area contributed by atoms with Crippen LogP contribution in [0.4, 0.5) is 0 Å². The Morgan fingerprint density at radius 3 is 1.79 bits per heavy atom. The first-order chi connectivity index (χ1) is 15.8. The Bertz CT molecular complexity index is 697. The van der Waals surface area contributed by atoms with Crippen molar-refractivity contribution in [3.8, 4) is 0 Å². The molecule has 0 aromatic carbocycles. The third-order valence-corrected chi connectivity index (χ3v) is 6.86. The van der Waals surface area contributed by atoms with E-state index in [9.17, 15) is 61.3 Å². The zero-order valence-electron chi connectivity index (χ0n) is 17.9. The molecular weight excluding hydrogens is 472 g/mol. The fraction of sp³-hybridized carbons (Fsp3) is 1.00. The number of hydrogen-bond acceptors (Lipinski definition) is 16. The molecule has 12 N–H and O–H groups in total. The first-order valence-corrected chi connectivity index (χ1v) is 10.5. The van der Waals surface area contributed by atoms with Crippen molar-refractivity contribution >= 4 is 0 Å². The van der Waals surface area contributed by atoms with E-state index in [1.165, 1.54) is 0 Å². The van der Waals surface area contributed by atoms with Gasteiger partial charge in [0.05, 0.1) is 13.2 Å². The van der Waals surface area contributed by atoms with Crippen LogP contribution >= 0.6 is 0 Å². The van der Waals surface area contributed by atoms with Crippen LogP contribution in [0.2, 0.25) is 0 Å². The third kappa shape index (κ3) is 4.16. The number of aliphatic hydroxyl groups is 12. The summed E-state index contributed by atoms with van der Waals surface area (Å²) in [5.41, 5.74) is -5.08. The average Bonchev–Trinajstić information content (AvgIpc) is 2.81. The highest BCUT2D eigenvalue weighted by atomic mass is 16.7. The Hall–Kier alpha value is -0.640. The molecule has 0 radical (unpaired) electrons. The Kier molecular flexibility index (Phi) is 8.23. The molecule has 3 fully saturated rings. The van der Waals surface area contributed by atoms with Gasteiger partial charge in [-0.3, -0.25) is 0 Å². The SMILES string of the molecule is C[C@]1([C@]2(CO)O[C@@H](O[C@H]3[C@H](O)C(O)C(O)O[C@@H]3CO)[C@H](O)[C@@H](O)[C@H]2O)OC(O)[C@@H](O)[C@H](O)[C@@H]1O. The topological polar surface area (TPSA) is 280 Å². The van der Waals surface area contributed by atoms with Crippen molar-refractivity contribution in [1.29, 1.82) is 0 Å². The van der Waals surface area contributed by atoms with Crippen molar-refractivity contribution in [2.45, 2.75) is 98.0 Å². The fourth-order valence-electron chi connectivity index (χ4n) is 4.59. The molecule has 34 heavy (non-hydrogen) atoms. The Labute approximate surface area is 192 Å². The fourth-order valence-corrected chi connectivity index (χ4v) is 4.59. The first-order valence-electron chi connectivity index (χ1n) is 10.5. The van der Waals surface area contributed by atoms with Gasteiger partial charge in [-0.05, 0) is 6.92 Å². The summed E-state index contributed by atoms with van der Waals surface area (Å²) in [6.07, 6.45) is -25.8. The zero-order chi connectivity index (χ0) is 25.7. The van der Waals surface area contributed by atoms with E-state index in [1.807, 2.05) is 0 Å². The summed E-state index contributed by atoms with van der Waals surface area (Å²) < 4.78 is 21.1. The van der Waals surface area contributed by atoms with Crippen molar-refractivity contribution in [2.24, 2.45) is 0 Å². The highest BCUT2D eigenvalue weighted by Gasteiger charge is 2.69. The molecule has 3 saturated heterocycles. The van der Waals surface area contributed by atoms with Crippen molar-refractivity contribution < 1.29 is 80.2 Å². The molecule has 3 unspecified atom stereocenters. The van der Waals surface area contributed by atoms with E-state index >= 15 is 0 Å². The number of aliphatic hydroxyl groups excluding tert-OH is 12. The second kappa shape index (κ2) is 10.0. The summed E-state index contributed by atoms with van der Waals surface area (Å²) in [6.45, 7) is -1.14. The van der Waals surface area contributed by atoms with Gasteiger partial charge in [0.1, 0.15) is 66.6 Å². The minimum atomic E-state index is -2.63. The molecule has 16 nitrogen and oxygen atoms in total. The molecule has 3 rings (SSSR count). The minimum absolute atomic E-state index is 0.847. The second-order valence-electron chi connectivity index (χ2n) is 8.83. The standard InChI is InChI=1S/C18H32O16/c1-17(12(27)6(22)9(25)15(30)33-17)18(3-20)13(28)7(23)10(26)16(34-18)32-11-4(2-19)31-14(29)8(24)5(11)21/h4-16,19-30H,2-3H2,1H3/t4-,5-,6+,7-,8?,9+,10-,11-,12+,13-,14?,15?,16-,17+,18-/m1/s1. The third-order valence-electron chi connectivity index (χ3n) is 6.86. The van der Waals surface area contributed by atoms with Gasteiger partial charge < -0.3 is 80.2 Å². The molecule has 0 bridgehead atoms. The Morgan fingerprint density at radius 2 is 1.24 bits per heavy atom. The van der Waals surface area contributed by atoms with E-state index in [1.54, 1.807) is 0 Å². The lowest BCUT2D eigenvalue weighted by Crippen LogP contribution is -2.81. The maximum atomic E-state index is 10.7. The van der Waals surface area contributed by atoms with E-state index in [4.69, 9.17) is 18.9 Å². The van der Waals surface area contributed by atoms with Crippen molar-refractivity contribution in [2.75, 3.05) is 13.2 Å². The van der Waals surface area contributed by atoms with Crippen LogP contribution in [-0.4, -0.2) is 166 Å². The summed E-state index contributed by atoms with van der Waals surface area (Å²) in [4.78, 5) is 0. The smallest absolute Gasteiger partial charge is 0.187 e. The Morgan fingerprint density at radius 1 is 0.676 bits per heavy atom. The van der Waals surface area contributed by atoms with Gasteiger partial charge >= 0.3 is 0 Å². The van der Waals surface area contributed by atoms with Crippen LogP contribution < -0.4 is 0 Å². The molecule has 3 aliphatic heterocycles. The van der Waals surface area contributed by atoms with E-state index in [0.717, 1.165) is 6.92 Å². The quantitative estimate of drug-likeness (QED) is 0.165. The molecule has 0 saturated carbocycles. The predicted molar refractivity (Wildman–Crippen MR) is 101 cm³/mol. The molecule has 3 heterocycles. The first kappa shape index (κ1) is 27.9. The largest absolute Gasteiger partial charge is 0.394 e. The van der Waals surface area contributed by atoms with Gasteiger partial charge in [0.2, 0.25) is 0 Å². The number of ether oxygens (including phenoxy) is 4. The molecule has 0 aromatic rings. The number of hydrogen-bond donors (Lipinski definition) is 12. The zero-order valence-corrected chi connectivity index (χ0v) is 17.9. The van der Waals surface area contributed by atoms with Crippen LogP contribution in [0.25, 0.3) is 0 Å². The monoisotopic (exact) mass is 504 g/mol. The van der Waals surface area contributed by atoms with Gasteiger partial charge in [-0.1, -0.05) is 0 Å². The van der Waals surface area contributed by atoms with Gasteiger partial charge in [0.15, 0.2) is 24.5 Å². The summed E-state index contributed by atoms with van der Waals surface area (Å²) in [5.74, 6) is 0. The average molecular weight is 504 g/mol. The normalized spacial score (nSPS) is 56.9. The van der Waals surface area contributed by atoms with Crippen molar-refractivity contribution in [3.05, 3.63) is 0 Å². The summed E-state index contributed by atoms with van der Waals surface area (Å²) in [5, 5.41) is 122. The van der Waals surface area contributed by atoms with Gasteiger partial charge in [0.25, 0.3) is 0 Å². The number of rotatable bonds is 5. The highest BCUT2D eigenvalue weighted by Crippen LogP contribution is 2.46. The molecule has 0 amide bonds. The van der Waals surface area contributed by atoms with Gasteiger partial charge in [0, 0.05) is 0 Å². The van der Waals surface area contributed by atoms with Crippen LogP contribution in [0, 0.1) is 0 Å². The predicted octanol–water partition coefficient (Wildman–Crippen LogP) is -7.84. The highest BCUT2D eigenvalue weighted by molar-refractivity contribution is 5.16. The van der Waals surface area contributed by atoms with Crippen LogP contribution in [-0.2, 0) is 18.9 Å². The van der Waals surface area contributed by atoms with E-state index < -0.39 is 104 Å². The van der Waals surface area contributed by atoms with Gasteiger partial charge in [-0.15, -0.1) is 0 Å². The van der Waals surface area contributed by atoms with E-state index in [0.29, 0.717) is 0 Å². The van der Waals surface area contributed by atoms with Gasteiger partial charge in [-0.25, -0.2) is 0 Å². The molecule has 16 heteroatoms. The van der Waals surface area contributed by atoms with Crippen LogP contribution in [0.5, 0.6) is 0 Å². The maximum Gasteiger partial charge on any atom is 0.187 e. The maximum absolute atomic E-state index is 10.7. The molecule has 200 valence electrons. The lowest BCUT2D eigenvalue weighted by molar-refractivity contribution is -0.430. The second-order valence-corrected chi connectivity index (χ2v) is 8.83. The molecular formula is C18H32O16. The van der Waals surface area contributed by atoms with Gasteiger partial charge in [-0.2, -0.15) is 0 Å². The molecule has 15 atom stereocenters. The Balaban J connectivity index is 1.97. The minimum Gasteiger partial charge on any atom is -0.394 e. The molecule has 0 aliphatic carbocycles. The summed E-state index contributed by atoms with van der Waals surface area (Å²) in [6, 6.07) is 0. The summed E-state index contributed by atoms with van der Waals surface area (Å²) >= 11 is 0. The molecule has 0 spiro atoms. The van der Waals surface area contributed by atoms with Crippen molar-refractivity contribution in [3.63, 3.8) is 0 Å².